The van der Waals surface area contributed by atoms with Crippen LogP contribution in [-0.2, 0) is 18.4 Å². The van der Waals surface area contributed by atoms with Crippen molar-refractivity contribution in [2.75, 3.05) is 40.9 Å². The molecule has 8 nitrogen and oxygen atoms in total. The first-order chi connectivity index (χ1) is 26.0. The monoisotopic (exact) mass is 780 g/mol. The molecule has 0 aromatic rings. The van der Waals surface area contributed by atoms with Gasteiger partial charge in [-0.15, -0.1) is 0 Å². The van der Waals surface area contributed by atoms with Gasteiger partial charge in [-0.3, -0.25) is 13.8 Å². The largest absolute Gasteiger partial charge is 0.472 e. The third kappa shape index (κ3) is 38.5. The number of aliphatic hydroxyl groups excluding tert-OH is 1. The molecule has 9 heteroatoms. The van der Waals surface area contributed by atoms with Crippen molar-refractivity contribution in [3.8, 4) is 0 Å². The number of nitrogens with zero attached hydrogens (tertiary/aromatic N) is 1. The maximum absolute atomic E-state index is 12.8. The number of allylic oxidation sites excluding steroid dienone is 9. The van der Waals surface area contributed by atoms with Gasteiger partial charge in [0.1, 0.15) is 13.2 Å². The van der Waals surface area contributed by atoms with E-state index in [4.69, 9.17) is 9.05 Å². The van der Waals surface area contributed by atoms with E-state index in [0.29, 0.717) is 17.4 Å². The van der Waals surface area contributed by atoms with Crippen LogP contribution < -0.4 is 5.32 Å². The van der Waals surface area contributed by atoms with Gasteiger partial charge >= 0.3 is 7.82 Å². The van der Waals surface area contributed by atoms with Crippen LogP contribution in [0.3, 0.4) is 0 Å². The lowest BCUT2D eigenvalue weighted by atomic mass is 10.0. The molecule has 0 aliphatic carbocycles. The van der Waals surface area contributed by atoms with Crippen LogP contribution in [0.1, 0.15) is 168 Å². The molecule has 0 aliphatic heterocycles. The van der Waals surface area contributed by atoms with Crippen molar-refractivity contribution in [2.45, 2.75) is 180 Å². The van der Waals surface area contributed by atoms with Crippen LogP contribution in [0.4, 0.5) is 0 Å². The smallest absolute Gasteiger partial charge is 0.391 e. The molecule has 3 unspecified atom stereocenters. The molecule has 0 aliphatic rings. The second kappa shape index (κ2) is 36.8. The van der Waals surface area contributed by atoms with E-state index in [2.05, 4.69) is 67.8 Å². The van der Waals surface area contributed by atoms with Gasteiger partial charge in [-0.25, -0.2) is 4.57 Å². The topological polar surface area (TPSA) is 105 Å². The molecule has 314 valence electrons. The Labute approximate surface area is 332 Å². The minimum atomic E-state index is -4.34. The van der Waals surface area contributed by atoms with E-state index in [9.17, 15) is 19.4 Å². The molecular formula is C45H84N2O6P+. The summed E-state index contributed by atoms with van der Waals surface area (Å²) in [5.74, 6) is -0.273. The SMILES string of the molecule is CC/C=C\C/C=C\C/C=C\C/C=C\C/C=C\CC(=O)NC(COP(=O)(O)OCC[N+](C)(C)C)C(O)CCCCCCCCCCCCCCCCCCC. The summed E-state index contributed by atoms with van der Waals surface area (Å²) in [4.78, 5) is 23.0. The summed E-state index contributed by atoms with van der Waals surface area (Å²) in [5.41, 5.74) is 0. The Bertz CT molecular complexity index is 1060. The van der Waals surface area contributed by atoms with E-state index in [1.54, 1.807) is 6.08 Å². The van der Waals surface area contributed by atoms with Crippen LogP contribution in [-0.4, -0.2) is 73.4 Å². The van der Waals surface area contributed by atoms with E-state index >= 15 is 0 Å². The Balaban J connectivity index is 4.52. The summed E-state index contributed by atoms with van der Waals surface area (Å²) in [7, 11) is 1.55. The summed E-state index contributed by atoms with van der Waals surface area (Å²) in [6.07, 6.45) is 47.1. The van der Waals surface area contributed by atoms with E-state index in [0.717, 1.165) is 51.4 Å². The average Bonchev–Trinajstić information content (AvgIpc) is 3.12. The maximum atomic E-state index is 12.8. The zero-order chi connectivity index (χ0) is 40.0. The van der Waals surface area contributed by atoms with Gasteiger partial charge in [0.25, 0.3) is 0 Å². The lowest BCUT2D eigenvalue weighted by Crippen LogP contribution is -2.46. The van der Waals surface area contributed by atoms with Gasteiger partial charge in [-0.1, -0.05) is 184 Å². The van der Waals surface area contributed by atoms with Crippen LogP contribution in [0.25, 0.3) is 0 Å². The fraction of sp³-hybridized carbons (Fsp3) is 0.756. The number of carbonyl (C=O) groups is 1. The van der Waals surface area contributed by atoms with E-state index in [1.807, 2.05) is 27.2 Å². The quantitative estimate of drug-likeness (QED) is 0.0249. The number of rotatable bonds is 38. The Hall–Kier alpha value is -1.80. The van der Waals surface area contributed by atoms with Gasteiger partial charge in [0.15, 0.2) is 0 Å². The van der Waals surface area contributed by atoms with Crippen molar-refractivity contribution in [2.24, 2.45) is 0 Å². The van der Waals surface area contributed by atoms with Crippen LogP contribution in [0, 0.1) is 0 Å². The molecule has 0 fully saturated rings. The minimum absolute atomic E-state index is 0.0557. The zero-order valence-corrected chi connectivity index (χ0v) is 36.3. The molecule has 0 heterocycles. The Morgan fingerprint density at radius 3 is 1.46 bits per heavy atom. The predicted octanol–water partition coefficient (Wildman–Crippen LogP) is 11.9. The van der Waals surface area contributed by atoms with Crippen molar-refractivity contribution in [1.82, 2.24) is 5.32 Å². The first-order valence-electron chi connectivity index (χ1n) is 21.7. The Morgan fingerprint density at radius 1 is 0.630 bits per heavy atom. The molecule has 1 amide bonds. The third-order valence-electron chi connectivity index (χ3n) is 9.31. The summed E-state index contributed by atoms with van der Waals surface area (Å²) in [6.45, 7) is 4.68. The minimum Gasteiger partial charge on any atom is -0.391 e. The molecule has 0 spiro atoms. The van der Waals surface area contributed by atoms with Crippen LogP contribution >= 0.6 is 7.82 Å². The van der Waals surface area contributed by atoms with Gasteiger partial charge < -0.3 is 19.8 Å². The number of amides is 1. The molecule has 0 rings (SSSR count). The molecule has 54 heavy (non-hydrogen) atoms. The number of likely N-dealkylation sites (N-methyl/N-ethyl adjacent to an activating group) is 1. The number of phosphoric ester groups is 1. The lowest BCUT2D eigenvalue weighted by molar-refractivity contribution is -0.870. The molecule has 3 atom stereocenters. The van der Waals surface area contributed by atoms with Crippen LogP contribution in [0.5, 0.6) is 0 Å². The highest BCUT2D eigenvalue weighted by Crippen LogP contribution is 2.43. The molecule has 0 aromatic carbocycles. The highest BCUT2D eigenvalue weighted by Gasteiger charge is 2.28. The van der Waals surface area contributed by atoms with Gasteiger partial charge in [-0.05, 0) is 38.5 Å². The number of carbonyl (C=O) groups excluding carboxylic acids is 1. The molecular weight excluding hydrogens is 695 g/mol. The second-order valence-electron chi connectivity index (χ2n) is 15.7. The number of hydrogen-bond donors (Lipinski definition) is 3. The number of quaternary nitrogens is 1. The van der Waals surface area contributed by atoms with E-state index in [1.165, 1.54) is 89.9 Å². The summed E-state index contributed by atoms with van der Waals surface area (Å²) >= 11 is 0. The highest BCUT2D eigenvalue weighted by atomic mass is 31.2. The fourth-order valence-corrected chi connectivity index (χ4v) is 6.61. The fourth-order valence-electron chi connectivity index (χ4n) is 5.88. The first kappa shape index (κ1) is 52.2. The Morgan fingerprint density at radius 2 is 1.04 bits per heavy atom. The molecule has 0 saturated carbocycles. The summed E-state index contributed by atoms with van der Waals surface area (Å²) in [5, 5.41) is 13.9. The van der Waals surface area contributed by atoms with E-state index < -0.39 is 20.0 Å². The Kier molecular flexibility index (Phi) is 35.6. The number of hydrogen-bond acceptors (Lipinski definition) is 5. The predicted molar refractivity (Wildman–Crippen MR) is 230 cm³/mol. The number of nitrogens with one attached hydrogen (secondary N) is 1. The van der Waals surface area contributed by atoms with Crippen molar-refractivity contribution in [1.29, 1.82) is 0 Å². The second-order valence-corrected chi connectivity index (χ2v) is 17.2. The normalized spacial score (nSPS) is 15.0. The molecule has 0 saturated heterocycles. The maximum Gasteiger partial charge on any atom is 0.472 e. The van der Waals surface area contributed by atoms with Crippen molar-refractivity contribution in [3.63, 3.8) is 0 Å². The lowest BCUT2D eigenvalue weighted by Gasteiger charge is -2.26. The summed E-state index contributed by atoms with van der Waals surface area (Å²) < 4.78 is 23.5. The summed E-state index contributed by atoms with van der Waals surface area (Å²) in [6, 6.07) is -0.816. The average molecular weight is 780 g/mol. The zero-order valence-electron chi connectivity index (χ0n) is 35.4. The van der Waals surface area contributed by atoms with Gasteiger partial charge in [0, 0.05) is 6.42 Å². The first-order valence-corrected chi connectivity index (χ1v) is 23.1. The number of unbranched alkanes of at least 4 members (excludes halogenated alkanes) is 16. The van der Waals surface area contributed by atoms with Crippen molar-refractivity contribution >= 4 is 13.7 Å². The highest BCUT2D eigenvalue weighted by molar-refractivity contribution is 7.47. The molecule has 3 N–H and O–H groups in total. The molecule has 0 aromatic heterocycles. The number of aliphatic hydroxyl groups is 1. The van der Waals surface area contributed by atoms with E-state index in [-0.39, 0.29) is 25.5 Å². The third-order valence-corrected chi connectivity index (χ3v) is 10.3. The molecule has 0 radical (unpaired) electrons. The van der Waals surface area contributed by atoms with Crippen LogP contribution in [0.2, 0.25) is 0 Å². The molecule has 0 bridgehead atoms. The standard InChI is InChI=1S/C45H83N2O6P/c1-6-8-10-12-14-16-18-20-22-23-25-26-28-30-32-34-36-38-44(48)43(42-53-54(50,51)52-41-40-47(3,4)5)46-45(49)39-37-35-33-31-29-27-24-21-19-17-15-13-11-9-7-2/h9,11,15,17,21,24,29,31,35,37,43-44,48H,6-8,10,12-14,16,18-20,22-23,25-28,30,32-34,36,38-42H2,1-5H3,(H-,46,49,50,51)/p+1/b11-9-,17-15-,24-21-,31-29-,37-35-. The van der Waals surface area contributed by atoms with Gasteiger partial charge in [-0.2, -0.15) is 0 Å². The van der Waals surface area contributed by atoms with Crippen molar-refractivity contribution < 1.29 is 32.9 Å². The number of phosphoric acid groups is 1. The van der Waals surface area contributed by atoms with Crippen LogP contribution in [0.15, 0.2) is 60.8 Å². The van der Waals surface area contributed by atoms with Crippen molar-refractivity contribution in [3.05, 3.63) is 60.8 Å². The van der Waals surface area contributed by atoms with Gasteiger partial charge in [0.2, 0.25) is 5.91 Å². The van der Waals surface area contributed by atoms with Gasteiger partial charge in [0.05, 0.1) is 39.9 Å².